The summed E-state index contributed by atoms with van der Waals surface area (Å²) in [5, 5.41) is 11.6. The van der Waals surface area contributed by atoms with Crippen molar-refractivity contribution in [2.45, 2.75) is 13.3 Å². The van der Waals surface area contributed by atoms with Crippen LogP contribution < -0.4 is 10.2 Å². The highest BCUT2D eigenvalue weighted by Gasteiger charge is 2.14. The Hall–Kier alpha value is -2.65. The summed E-state index contributed by atoms with van der Waals surface area (Å²) >= 11 is 3.37. The maximum atomic E-state index is 12.1. The van der Waals surface area contributed by atoms with Crippen LogP contribution in [0.3, 0.4) is 0 Å². The molecule has 5 nitrogen and oxygen atoms in total. The van der Waals surface area contributed by atoms with Crippen molar-refractivity contribution < 1.29 is 9.59 Å². The Kier molecular flexibility index (Phi) is 6.10. The third-order valence-corrected chi connectivity index (χ3v) is 3.83. The number of carbonyl (C=O) groups is 2. The van der Waals surface area contributed by atoms with E-state index in [2.05, 4.69) is 21.2 Å². The number of nitriles is 1. The second kappa shape index (κ2) is 8.27. The largest absolute Gasteiger partial charge is 0.326 e. The lowest BCUT2D eigenvalue weighted by Crippen LogP contribution is -2.31. The van der Waals surface area contributed by atoms with Gasteiger partial charge in [0.05, 0.1) is 11.6 Å². The van der Waals surface area contributed by atoms with Crippen molar-refractivity contribution in [3.05, 3.63) is 58.6 Å². The highest BCUT2D eigenvalue weighted by Crippen LogP contribution is 2.20. The fraction of sp³-hybridized carbons (Fsp3) is 0.167. The van der Waals surface area contributed by atoms with Gasteiger partial charge in [0, 0.05) is 35.7 Å². The number of nitrogens with one attached hydrogen (secondary N) is 1. The number of benzene rings is 2. The first-order valence-corrected chi connectivity index (χ1v) is 8.12. The Balaban J connectivity index is 2.00. The van der Waals surface area contributed by atoms with Crippen molar-refractivity contribution in [2.24, 2.45) is 0 Å². The minimum absolute atomic E-state index is 0.132. The Morgan fingerprint density at radius 1 is 1.21 bits per heavy atom. The van der Waals surface area contributed by atoms with E-state index in [1.54, 1.807) is 29.2 Å². The maximum absolute atomic E-state index is 12.1. The summed E-state index contributed by atoms with van der Waals surface area (Å²) in [6.45, 7) is 1.74. The maximum Gasteiger partial charge on any atom is 0.226 e. The van der Waals surface area contributed by atoms with Crippen molar-refractivity contribution in [2.75, 3.05) is 16.8 Å². The molecule has 0 aliphatic carbocycles. The number of anilines is 2. The van der Waals surface area contributed by atoms with Gasteiger partial charge in [-0.25, -0.2) is 0 Å². The molecule has 6 heteroatoms. The molecule has 0 atom stereocenters. The lowest BCUT2D eigenvalue weighted by atomic mass is 10.2. The van der Waals surface area contributed by atoms with Crippen molar-refractivity contribution in [3.8, 4) is 6.07 Å². The van der Waals surface area contributed by atoms with Crippen molar-refractivity contribution >= 4 is 39.1 Å². The lowest BCUT2D eigenvalue weighted by Gasteiger charge is -2.21. The third kappa shape index (κ3) is 4.93. The molecular weight excluding hydrogens is 370 g/mol. The summed E-state index contributed by atoms with van der Waals surface area (Å²) in [4.78, 5) is 25.5. The molecule has 0 aliphatic rings. The zero-order valence-corrected chi connectivity index (χ0v) is 14.7. The molecule has 2 amide bonds. The second-order valence-corrected chi connectivity index (χ2v) is 6.06. The van der Waals surface area contributed by atoms with Crippen LogP contribution in [-0.4, -0.2) is 18.4 Å². The highest BCUT2D eigenvalue weighted by atomic mass is 79.9. The van der Waals surface area contributed by atoms with E-state index < -0.39 is 0 Å². The minimum Gasteiger partial charge on any atom is -0.326 e. The summed E-state index contributed by atoms with van der Waals surface area (Å²) in [6.07, 6.45) is 0.156. The Bertz CT molecular complexity index is 799. The summed E-state index contributed by atoms with van der Waals surface area (Å²) in [7, 11) is 0. The van der Waals surface area contributed by atoms with Gasteiger partial charge in [0.15, 0.2) is 0 Å². The van der Waals surface area contributed by atoms with Crippen LogP contribution in [0.5, 0.6) is 0 Å². The van der Waals surface area contributed by atoms with Crippen molar-refractivity contribution in [1.29, 1.82) is 5.26 Å². The molecule has 0 aliphatic heterocycles. The van der Waals surface area contributed by atoms with E-state index >= 15 is 0 Å². The molecule has 0 spiro atoms. The van der Waals surface area contributed by atoms with Crippen molar-refractivity contribution in [1.82, 2.24) is 0 Å². The molecule has 0 fully saturated rings. The van der Waals surface area contributed by atoms with E-state index in [4.69, 9.17) is 5.26 Å². The number of nitrogens with zero attached hydrogens (tertiary/aromatic N) is 2. The van der Waals surface area contributed by atoms with Gasteiger partial charge in [-0.15, -0.1) is 0 Å². The van der Waals surface area contributed by atoms with Gasteiger partial charge >= 0.3 is 0 Å². The van der Waals surface area contributed by atoms with E-state index in [1.807, 2.05) is 30.3 Å². The Labute approximate surface area is 149 Å². The molecule has 2 rings (SSSR count). The zero-order chi connectivity index (χ0) is 17.5. The molecule has 24 heavy (non-hydrogen) atoms. The third-order valence-electron chi connectivity index (χ3n) is 3.34. The van der Waals surface area contributed by atoms with Gasteiger partial charge < -0.3 is 10.2 Å². The average Bonchev–Trinajstić information content (AvgIpc) is 2.55. The Morgan fingerprint density at radius 2 is 1.96 bits per heavy atom. The molecule has 0 saturated carbocycles. The van der Waals surface area contributed by atoms with Crippen molar-refractivity contribution in [3.63, 3.8) is 0 Å². The number of amides is 2. The summed E-state index contributed by atoms with van der Waals surface area (Å²) < 4.78 is 0.865. The fourth-order valence-electron chi connectivity index (χ4n) is 2.22. The van der Waals surface area contributed by atoms with Gasteiger partial charge in [0.25, 0.3) is 0 Å². The van der Waals surface area contributed by atoms with E-state index in [1.165, 1.54) is 6.92 Å². The topological polar surface area (TPSA) is 73.2 Å². The molecule has 0 aromatic heterocycles. The van der Waals surface area contributed by atoms with Gasteiger partial charge in [-0.3, -0.25) is 9.59 Å². The Morgan fingerprint density at radius 3 is 2.62 bits per heavy atom. The first-order valence-electron chi connectivity index (χ1n) is 7.33. The molecule has 122 valence electrons. The normalized spacial score (nSPS) is 9.88. The summed E-state index contributed by atoms with van der Waals surface area (Å²) in [5.41, 5.74) is 1.78. The van der Waals surface area contributed by atoms with Crippen LogP contribution in [0.1, 0.15) is 18.9 Å². The predicted octanol–water partition coefficient (Wildman–Crippen LogP) is 3.70. The second-order valence-electron chi connectivity index (χ2n) is 5.14. The fourth-order valence-corrected chi connectivity index (χ4v) is 2.60. The van der Waals surface area contributed by atoms with E-state index in [9.17, 15) is 9.59 Å². The molecule has 1 N–H and O–H groups in total. The molecule has 0 bridgehead atoms. The molecule has 0 radical (unpaired) electrons. The van der Waals surface area contributed by atoms with Crippen LogP contribution in [0.15, 0.2) is 53.0 Å². The standard InChI is InChI=1S/C18H16BrN3O2/c1-13(23)22(17-7-3-5-15(19)11-17)9-8-18(24)21-16-6-2-4-14(10-16)12-20/h2-7,10-11H,8-9H2,1H3,(H,21,24). The van der Waals surface area contributed by atoms with E-state index in [0.717, 1.165) is 10.2 Å². The quantitative estimate of drug-likeness (QED) is 0.852. The average molecular weight is 386 g/mol. The van der Waals surface area contributed by atoms with Crippen LogP contribution in [-0.2, 0) is 9.59 Å². The van der Waals surface area contributed by atoms with Crippen LogP contribution >= 0.6 is 15.9 Å². The van der Waals surface area contributed by atoms with Gasteiger partial charge in [-0.05, 0) is 36.4 Å². The van der Waals surface area contributed by atoms with Crippen LogP contribution in [0.2, 0.25) is 0 Å². The smallest absolute Gasteiger partial charge is 0.226 e. The van der Waals surface area contributed by atoms with Crippen LogP contribution in [0.4, 0.5) is 11.4 Å². The summed E-state index contributed by atoms with van der Waals surface area (Å²) in [6, 6.07) is 16.1. The molecule has 0 heterocycles. The molecule has 2 aromatic rings. The summed E-state index contributed by atoms with van der Waals surface area (Å²) in [5.74, 6) is -0.348. The monoisotopic (exact) mass is 385 g/mol. The van der Waals surface area contributed by atoms with Crippen LogP contribution in [0.25, 0.3) is 0 Å². The zero-order valence-electron chi connectivity index (χ0n) is 13.1. The van der Waals surface area contributed by atoms with Gasteiger partial charge in [-0.2, -0.15) is 5.26 Å². The highest BCUT2D eigenvalue weighted by molar-refractivity contribution is 9.10. The minimum atomic E-state index is -0.216. The number of hydrogen-bond acceptors (Lipinski definition) is 3. The molecule has 2 aromatic carbocycles. The molecule has 0 unspecified atom stereocenters. The number of hydrogen-bond donors (Lipinski definition) is 1. The number of rotatable bonds is 5. The van der Waals surface area contributed by atoms with E-state index in [0.29, 0.717) is 11.3 Å². The lowest BCUT2D eigenvalue weighted by molar-refractivity contribution is -0.117. The number of halogens is 1. The number of carbonyl (C=O) groups excluding carboxylic acids is 2. The molecule has 0 saturated heterocycles. The molecular formula is C18H16BrN3O2. The predicted molar refractivity (Wildman–Crippen MR) is 96.6 cm³/mol. The van der Waals surface area contributed by atoms with E-state index in [-0.39, 0.29) is 24.8 Å². The first kappa shape index (κ1) is 17.7. The first-order chi connectivity index (χ1) is 11.5. The van der Waals surface area contributed by atoms with Gasteiger partial charge in [0.2, 0.25) is 11.8 Å². The van der Waals surface area contributed by atoms with Crippen LogP contribution in [0, 0.1) is 11.3 Å². The van der Waals surface area contributed by atoms with Gasteiger partial charge in [-0.1, -0.05) is 28.1 Å². The van der Waals surface area contributed by atoms with Gasteiger partial charge in [0.1, 0.15) is 0 Å². The SMILES string of the molecule is CC(=O)N(CCC(=O)Nc1cccc(C#N)c1)c1cccc(Br)c1.